The molecule has 76 valence electrons. The summed E-state index contributed by atoms with van der Waals surface area (Å²) in [5.41, 5.74) is 0. The molecule has 0 rings (SSSR count). The van der Waals surface area contributed by atoms with Crippen LogP contribution in [-0.4, -0.2) is 23.7 Å². The molecule has 13 heavy (non-hydrogen) atoms. The van der Waals surface area contributed by atoms with Gasteiger partial charge in [-0.25, -0.2) is 9.59 Å². The highest BCUT2D eigenvalue weighted by Gasteiger charge is 1.96. The smallest absolute Gasteiger partial charge is 0.331 e. The molecule has 0 atom stereocenters. The number of halogens is 1. The van der Waals surface area contributed by atoms with Crippen LogP contribution in [0.4, 0.5) is 0 Å². The second kappa shape index (κ2) is 9.06. The van der Waals surface area contributed by atoms with Gasteiger partial charge in [0, 0.05) is 12.2 Å². The summed E-state index contributed by atoms with van der Waals surface area (Å²) in [6.07, 6.45) is 3.40. The fraction of sp³-hybridized carbons (Fsp3) is 0.500. The van der Waals surface area contributed by atoms with Crippen LogP contribution in [0.15, 0.2) is 12.2 Å². The summed E-state index contributed by atoms with van der Waals surface area (Å²) in [4.78, 5) is 20.6. The van der Waals surface area contributed by atoms with Gasteiger partial charge in [-0.2, -0.15) is 0 Å². The largest absolute Gasteiger partial charge is 0.478 e. The minimum atomic E-state index is -1.15. The number of carbonyl (C=O) groups is 2. The lowest BCUT2D eigenvalue weighted by Gasteiger charge is -1.97. The van der Waals surface area contributed by atoms with Crippen LogP contribution in [0, 0.1) is 0 Å². The van der Waals surface area contributed by atoms with E-state index in [1.54, 1.807) is 0 Å². The number of ether oxygens (including phenoxy) is 1. The van der Waals surface area contributed by atoms with Crippen molar-refractivity contribution in [2.45, 2.75) is 19.8 Å². The van der Waals surface area contributed by atoms with Gasteiger partial charge in [0.25, 0.3) is 0 Å². The average molecular weight is 209 g/mol. The molecule has 0 amide bonds. The second-order valence-electron chi connectivity index (χ2n) is 2.19. The van der Waals surface area contributed by atoms with Gasteiger partial charge in [-0.1, -0.05) is 13.3 Å². The maximum absolute atomic E-state index is 10.6. The molecule has 0 unspecified atom stereocenters. The quantitative estimate of drug-likeness (QED) is 0.421. The van der Waals surface area contributed by atoms with Crippen molar-refractivity contribution >= 4 is 24.3 Å². The lowest BCUT2D eigenvalue weighted by atomic mass is 10.4. The van der Waals surface area contributed by atoms with Crippen LogP contribution in [0.3, 0.4) is 0 Å². The van der Waals surface area contributed by atoms with Gasteiger partial charge in [-0.15, -0.1) is 12.4 Å². The molecule has 0 saturated carbocycles. The SMILES string of the molecule is CCCCOC(=O)C=CC(=O)O.Cl. The third-order valence-corrected chi connectivity index (χ3v) is 1.10. The first-order valence-electron chi connectivity index (χ1n) is 3.74. The number of esters is 1. The maximum Gasteiger partial charge on any atom is 0.331 e. The van der Waals surface area contributed by atoms with E-state index in [9.17, 15) is 9.59 Å². The number of carboxylic acid groups (broad SMARTS) is 1. The highest BCUT2D eigenvalue weighted by molar-refractivity contribution is 5.90. The molecule has 0 saturated heterocycles. The van der Waals surface area contributed by atoms with E-state index in [0.717, 1.165) is 25.0 Å². The molecule has 0 bridgehead atoms. The van der Waals surface area contributed by atoms with Crippen molar-refractivity contribution in [1.82, 2.24) is 0 Å². The van der Waals surface area contributed by atoms with Gasteiger partial charge >= 0.3 is 11.9 Å². The Kier molecular flexibility index (Phi) is 10.1. The van der Waals surface area contributed by atoms with Gasteiger partial charge in [0.15, 0.2) is 0 Å². The molecule has 0 aromatic carbocycles. The van der Waals surface area contributed by atoms with Crippen molar-refractivity contribution in [2.24, 2.45) is 0 Å². The number of unbranched alkanes of at least 4 members (excludes halogenated alkanes) is 1. The van der Waals surface area contributed by atoms with Gasteiger partial charge in [-0.05, 0) is 6.42 Å². The average Bonchev–Trinajstić information content (AvgIpc) is 2.01. The van der Waals surface area contributed by atoms with Crippen LogP contribution in [0.25, 0.3) is 0 Å². The Bertz CT molecular complexity index is 189. The van der Waals surface area contributed by atoms with Crippen LogP contribution in [0.5, 0.6) is 0 Å². The number of carboxylic acids is 1. The van der Waals surface area contributed by atoms with Crippen LogP contribution in [-0.2, 0) is 14.3 Å². The molecule has 0 spiro atoms. The molecular formula is C8H13ClO4. The predicted octanol–water partition coefficient (Wildman–Crippen LogP) is 1.39. The third-order valence-electron chi connectivity index (χ3n) is 1.10. The van der Waals surface area contributed by atoms with E-state index < -0.39 is 11.9 Å². The Balaban J connectivity index is 0. The summed E-state index contributed by atoms with van der Waals surface area (Å²) in [7, 11) is 0. The van der Waals surface area contributed by atoms with Gasteiger partial charge in [0.1, 0.15) is 0 Å². The van der Waals surface area contributed by atoms with Crippen LogP contribution in [0.1, 0.15) is 19.8 Å². The summed E-state index contributed by atoms with van der Waals surface area (Å²) in [6, 6.07) is 0. The van der Waals surface area contributed by atoms with Crippen molar-refractivity contribution in [3.05, 3.63) is 12.2 Å². The topological polar surface area (TPSA) is 63.6 Å². The maximum atomic E-state index is 10.6. The molecule has 0 fully saturated rings. The van der Waals surface area contributed by atoms with Gasteiger partial charge in [0.05, 0.1) is 6.61 Å². The number of carbonyl (C=O) groups excluding carboxylic acids is 1. The predicted molar refractivity (Wildman–Crippen MR) is 49.9 cm³/mol. The van der Waals surface area contributed by atoms with E-state index in [0.29, 0.717) is 6.61 Å². The van der Waals surface area contributed by atoms with E-state index in [1.165, 1.54) is 0 Å². The molecule has 0 radical (unpaired) electrons. The summed E-state index contributed by atoms with van der Waals surface area (Å²) in [5, 5.41) is 8.14. The summed E-state index contributed by atoms with van der Waals surface area (Å²) in [6.45, 7) is 2.32. The Morgan fingerprint density at radius 1 is 1.38 bits per heavy atom. The molecule has 0 aliphatic carbocycles. The Labute approximate surface area is 83.0 Å². The third kappa shape index (κ3) is 11.0. The monoisotopic (exact) mass is 208 g/mol. The highest BCUT2D eigenvalue weighted by atomic mass is 35.5. The lowest BCUT2D eigenvalue weighted by molar-refractivity contribution is -0.138. The van der Waals surface area contributed by atoms with E-state index in [1.807, 2.05) is 6.92 Å². The molecule has 1 N–H and O–H groups in total. The minimum absolute atomic E-state index is 0. The molecule has 5 heteroatoms. The zero-order valence-electron chi connectivity index (χ0n) is 7.36. The molecule has 0 aromatic rings. The second-order valence-corrected chi connectivity index (χ2v) is 2.19. The molecule has 0 aromatic heterocycles. The first-order chi connectivity index (χ1) is 5.66. The number of aliphatic carboxylic acids is 1. The fourth-order valence-corrected chi connectivity index (χ4v) is 0.505. The van der Waals surface area contributed by atoms with E-state index in [4.69, 9.17) is 5.11 Å². The van der Waals surface area contributed by atoms with E-state index in [2.05, 4.69) is 4.74 Å². The Morgan fingerprint density at radius 3 is 2.46 bits per heavy atom. The molecular weight excluding hydrogens is 196 g/mol. The van der Waals surface area contributed by atoms with Crippen molar-refractivity contribution in [2.75, 3.05) is 6.61 Å². The Morgan fingerprint density at radius 2 is 2.00 bits per heavy atom. The van der Waals surface area contributed by atoms with Crippen molar-refractivity contribution < 1.29 is 19.4 Å². The zero-order chi connectivity index (χ0) is 9.40. The molecule has 4 nitrogen and oxygen atoms in total. The van der Waals surface area contributed by atoms with E-state index >= 15 is 0 Å². The first-order valence-corrected chi connectivity index (χ1v) is 3.74. The summed E-state index contributed by atoms with van der Waals surface area (Å²) < 4.78 is 4.64. The standard InChI is InChI=1S/C8H12O4.ClH/c1-2-3-6-12-8(11)5-4-7(9)10;/h4-5H,2-3,6H2,1H3,(H,9,10);1H. The van der Waals surface area contributed by atoms with Gasteiger partial charge in [-0.3, -0.25) is 0 Å². The lowest BCUT2D eigenvalue weighted by Crippen LogP contribution is -2.02. The first kappa shape index (κ1) is 14.5. The van der Waals surface area contributed by atoms with Crippen LogP contribution in [0.2, 0.25) is 0 Å². The molecule has 0 aliphatic heterocycles. The Hall–Kier alpha value is -1.03. The van der Waals surface area contributed by atoms with Crippen LogP contribution >= 0.6 is 12.4 Å². The molecule has 0 aliphatic rings. The highest BCUT2D eigenvalue weighted by Crippen LogP contribution is 1.89. The van der Waals surface area contributed by atoms with Crippen molar-refractivity contribution in [3.63, 3.8) is 0 Å². The normalized spacial score (nSPS) is 9.31. The van der Waals surface area contributed by atoms with Gasteiger partial charge < -0.3 is 9.84 Å². The molecule has 0 heterocycles. The van der Waals surface area contributed by atoms with Crippen molar-refractivity contribution in [1.29, 1.82) is 0 Å². The number of hydrogen-bond acceptors (Lipinski definition) is 3. The van der Waals surface area contributed by atoms with Gasteiger partial charge in [0.2, 0.25) is 0 Å². The summed E-state index contributed by atoms with van der Waals surface area (Å²) in [5.74, 6) is -1.76. The van der Waals surface area contributed by atoms with Crippen LogP contribution < -0.4 is 0 Å². The zero-order valence-corrected chi connectivity index (χ0v) is 8.17. The number of hydrogen-bond donors (Lipinski definition) is 1. The summed E-state index contributed by atoms with van der Waals surface area (Å²) >= 11 is 0. The number of rotatable bonds is 5. The fourth-order valence-electron chi connectivity index (χ4n) is 0.505. The van der Waals surface area contributed by atoms with E-state index in [-0.39, 0.29) is 12.4 Å². The minimum Gasteiger partial charge on any atom is -0.478 e. The van der Waals surface area contributed by atoms with Crippen molar-refractivity contribution in [3.8, 4) is 0 Å².